The SMILES string of the molecule is COc1ccccc1Oc1c(C)oc2c(CN3CCCC[C@@H]3C)c(O)ccc2c1=O. The minimum absolute atomic E-state index is 0.120. The molecule has 1 N–H and O–H groups in total. The summed E-state index contributed by atoms with van der Waals surface area (Å²) in [5.74, 6) is 1.59. The number of benzene rings is 2. The van der Waals surface area contributed by atoms with Crippen molar-refractivity contribution in [2.24, 2.45) is 0 Å². The Balaban J connectivity index is 1.78. The van der Waals surface area contributed by atoms with Gasteiger partial charge in [-0.2, -0.15) is 0 Å². The maximum absolute atomic E-state index is 13.3. The van der Waals surface area contributed by atoms with Crippen molar-refractivity contribution >= 4 is 11.0 Å². The number of piperidine rings is 1. The van der Waals surface area contributed by atoms with Crippen LogP contribution in [-0.4, -0.2) is 29.7 Å². The van der Waals surface area contributed by atoms with Gasteiger partial charge in [-0.05, 0) is 57.5 Å². The molecule has 1 atom stereocenters. The fourth-order valence-corrected chi connectivity index (χ4v) is 4.07. The largest absolute Gasteiger partial charge is 0.507 e. The summed E-state index contributed by atoms with van der Waals surface area (Å²) in [5, 5.41) is 10.9. The number of hydrogen-bond acceptors (Lipinski definition) is 6. The van der Waals surface area contributed by atoms with E-state index in [4.69, 9.17) is 13.9 Å². The monoisotopic (exact) mass is 409 g/mol. The summed E-state index contributed by atoms with van der Waals surface area (Å²) in [5.41, 5.74) is 0.792. The van der Waals surface area contributed by atoms with Crippen molar-refractivity contribution in [3.05, 3.63) is 57.9 Å². The number of nitrogens with zero attached hydrogens (tertiary/aromatic N) is 1. The maximum Gasteiger partial charge on any atom is 0.235 e. The molecule has 0 spiro atoms. The van der Waals surface area contributed by atoms with Crippen LogP contribution in [0.1, 0.15) is 37.5 Å². The average Bonchev–Trinajstić information content (AvgIpc) is 2.75. The van der Waals surface area contributed by atoms with E-state index in [1.165, 1.54) is 6.42 Å². The fourth-order valence-electron chi connectivity index (χ4n) is 4.07. The third-order valence-electron chi connectivity index (χ3n) is 5.84. The van der Waals surface area contributed by atoms with E-state index in [-0.39, 0.29) is 16.9 Å². The van der Waals surface area contributed by atoms with Gasteiger partial charge in [-0.25, -0.2) is 0 Å². The molecule has 1 aromatic heterocycles. The van der Waals surface area contributed by atoms with E-state index in [2.05, 4.69) is 11.8 Å². The number of rotatable bonds is 5. The summed E-state index contributed by atoms with van der Waals surface area (Å²) in [7, 11) is 1.55. The van der Waals surface area contributed by atoms with Crippen molar-refractivity contribution in [2.45, 2.75) is 45.7 Å². The Morgan fingerprint density at radius 1 is 1.17 bits per heavy atom. The highest BCUT2D eigenvalue weighted by atomic mass is 16.5. The number of para-hydroxylation sites is 2. The number of methoxy groups -OCH3 is 1. The highest BCUT2D eigenvalue weighted by Crippen LogP contribution is 2.35. The van der Waals surface area contributed by atoms with Crippen LogP contribution in [0.4, 0.5) is 0 Å². The molecule has 2 heterocycles. The second-order valence-corrected chi connectivity index (χ2v) is 7.82. The number of aryl methyl sites for hydroxylation is 1. The van der Waals surface area contributed by atoms with E-state index >= 15 is 0 Å². The molecule has 1 aliphatic rings. The van der Waals surface area contributed by atoms with Gasteiger partial charge < -0.3 is 19.0 Å². The summed E-state index contributed by atoms with van der Waals surface area (Å²) in [6.45, 7) is 5.40. The van der Waals surface area contributed by atoms with Gasteiger partial charge in [0, 0.05) is 12.6 Å². The van der Waals surface area contributed by atoms with E-state index in [9.17, 15) is 9.90 Å². The second-order valence-electron chi connectivity index (χ2n) is 7.82. The molecule has 30 heavy (non-hydrogen) atoms. The summed E-state index contributed by atoms with van der Waals surface area (Å²) in [6, 6.07) is 10.7. The van der Waals surface area contributed by atoms with Crippen LogP contribution in [-0.2, 0) is 6.54 Å². The summed E-state index contributed by atoms with van der Waals surface area (Å²) in [6.07, 6.45) is 3.48. The number of ether oxygens (including phenoxy) is 2. The van der Waals surface area contributed by atoms with Crippen molar-refractivity contribution in [1.82, 2.24) is 4.90 Å². The number of likely N-dealkylation sites (tertiary alicyclic amines) is 1. The van der Waals surface area contributed by atoms with E-state index in [0.29, 0.717) is 46.4 Å². The number of aromatic hydroxyl groups is 1. The van der Waals surface area contributed by atoms with Crippen LogP contribution < -0.4 is 14.9 Å². The highest BCUT2D eigenvalue weighted by molar-refractivity contribution is 5.83. The lowest BCUT2D eigenvalue weighted by atomic mass is 10.0. The molecule has 1 fully saturated rings. The molecule has 0 radical (unpaired) electrons. The first-order chi connectivity index (χ1) is 14.5. The van der Waals surface area contributed by atoms with E-state index in [1.54, 1.807) is 38.3 Å². The topological polar surface area (TPSA) is 72.1 Å². The first-order valence-electron chi connectivity index (χ1n) is 10.3. The van der Waals surface area contributed by atoms with Gasteiger partial charge in [0.2, 0.25) is 11.2 Å². The first-order valence-corrected chi connectivity index (χ1v) is 10.3. The molecule has 1 saturated heterocycles. The smallest absolute Gasteiger partial charge is 0.235 e. The van der Waals surface area contributed by atoms with Gasteiger partial charge in [-0.15, -0.1) is 0 Å². The first kappa shape index (κ1) is 20.3. The summed E-state index contributed by atoms with van der Waals surface area (Å²) < 4.78 is 17.3. The molecule has 158 valence electrons. The molecule has 0 unspecified atom stereocenters. The Morgan fingerprint density at radius 2 is 1.93 bits per heavy atom. The molecule has 6 heteroatoms. The van der Waals surface area contributed by atoms with Crippen molar-refractivity contribution in [2.75, 3.05) is 13.7 Å². The van der Waals surface area contributed by atoms with Crippen LogP contribution in [0.3, 0.4) is 0 Å². The molecule has 0 bridgehead atoms. The number of hydrogen-bond donors (Lipinski definition) is 1. The predicted octanol–water partition coefficient (Wildman–Crippen LogP) is 4.98. The van der Waals surface area contributed by atoms with Crippen molar-refractivity contribution in [1.29, 1.82) is 0 Å². The predicted molar refractivity (Wildman–Crippen MR) is 116 cm³/mol. The summed E-state index contributed by atoms with van der Waals surface area (Å²) in [4.78, 5) is 15.6. The Labute approximate surface area is 175 Å². The Morgan fingerprint density at radius 3 is 2.67 bits per heavy atom. The zero-order chi connectivity index (χ0) is 21.3. The van der Waals surface area contributed by atoms with Crippen LogP contribution in [0.5, 0.6) is 23.0 Å². The minimum Gasteiger partial charge on any atom is -0.507 e. The van der Waals surface area contributed by atoms with E-state index in [1.807, 2.05) is 12.1 Å². The average molecular weight is 409 g/mol. The third-order valence-corrected chi connectivity index (χ3v) is 5.84. The van der Waals surface area contributed by atoms with Gasteiger partial charge >= 0.3 is 0 Å². The second kappa shape index (κ2) is 8.40. The standard InChI is InChI=1S/C24H27NO5/c1-15-8-6-7-13-25(15)14-18-19(26)12-11-17-22(27)23(16(2)29-24(17)18)30-21-10-5-4-9-20(21)28-3/h4-5,9-12,15,26H,6-8,13-14H2,1-3H3/t15-/m0/s1. The van der Waals surface area contributed by atoms with Gasteiger partial charge in [-0.3, -0.25) is 9.69 Å². The quantitative estimate of drug-likeness (QED) is 0.641. The Kier molecular flexibility index (Phi) is 5.68. The van der Waals surface area contributed by atoms with Crippen molar-refractivity contribution < 1.29 is 19.0 Å². The lowest BCUT2D eigenvalue weighted by Gasteiger charge is -2.33. The van der Waals surface area contributed by atoms with Crippen molar-refractivity contribution in [3.8, 4) is 23.0 Å². The molecule has 3 aromatic rings. The molecule has 0 amide bonds. The number of fused-ring (bicyclic) bond motifs is 1. The molecule has 6 nitrogen and oxygen atoms in total. The van der Waals surface area contributed by atoms with E-state index in [0.717, 1.165) is 19.4 Å². The number of phenolic OH excluding ortho intramolecular Hbond substituents is 1. The van der Waals surface area contributed by atoms with Crippen LogP contribution in [0.25, 0.3) is 11.0 Å². The molecular formula is C24H27NO5. The number of phenols is 1. The lowest BCUT2D eigenvalue weighted by molar-refractivity contribution is 0.151. The van der Waals surface area contributed by atoms with E-state index < -0.39 is 0 Å². The zero-order valence-corrected chi connectivity index (χ0v) is 17.6. The maximum atomic E-state index is 13.3. The van der Waals surface area contributed by atoms with Gasteiger partial charge in [0.15, 0.2) is 11.5 Å². The fraction of sp³-hybridized carbons (Fsp3) is 0.375. The molecule has 1 aliphatic heterocycles. The van der Waals surface area contributed by atoms with Gasteiger partial charge in [0.25, 0.3) is 0 Å². The molecule has 4 rings (SSSR count). The minimum atomic E-state index is -0.271. The van der Waals surface area contributed by atoms with Crippen LogP contribution in [0.15, 0.2) is 45.6 Å². The molecular weight excluding hydrogens is 382 g/mol. The molecule has 0 aliphatic carbocycles. The van der Waals surface area contributed by atoms with Crippen LogP contribution in [0, 0.1) is 6.92 Å². The Bertz CT molecular complexity index is 1120. The molecule has 2 aromatic carbocycles. The van der Waals surface area contributed by atoms with Gasteiger partial charge in [0.05, 0.1) is 18.1 Å². The normalized spacial score (nSPS) is 17.2. The Hall–Kier alpha value is -2.99. The third kappa shape index (κ3) is 3.75. The summed E-state index contributed by atoms with van der Waals surface area (Å²) >= 11 is 0. The van der Waals surface area contributed by atoms with Crippen LogP contribution in [0.2, 0.25) is 0 Å². The zero-order valence-electron chi connectivity index (χ0n) is 17.6. The highest BCUT2D eigenvalue weighted by Gasteiger charge is 2.24. The van der Waals surface area contributed by atoms with Crippen molar-refractivity contribution in [3.63, 3.8) is 0 Å². The lowest BCUT2D eigenvalue weighted by Crippen LogP contribution is -2.36. The van der Waals surface area contributed by atoms with Gasteiger partial charge in [-0.1, -0.05) is 18.6 Å². The molecule has 0 saturated carbocycles. The van der Waals surface area contributed by atoms with Gasteiger partial charge in [0.1, 0.15) is 17.1 Å². The van der Waals surface area contributed by atoms with Crippen LogP contribution >= 0.6 is 0 Å².